The Morgan fingerprint density at radius 1 is 0.862 bits per heavy atom. The second-order valence-electron chi connectivity index (χ2n) is 7.97. The summed E-state index contributed by atoms with van der Waals surface area (Å²) in [5.74, 6) is 0. The molecular formula is C24H29ClN2O2. The van der Waals surface area contributed by atoms with Gasteiger partial charge in [-0.15, -0.1) is 12.4 Å². The maximum atomic E-state index is 12.2. The smallest absolute Gasteiger partial charge is 0.336 e. The molecule has 2 aromatic carbocycles. The molecule has 154 valence electrons. The van der Waals surface area contributed by atoms with Gasteiger partial charge in [-0.2, -0.15) is 0 Å². The maximum Gasteiger partial charge on any atom is 0.336 e. The van der Waals surface area contributed by atoms with Crippen LogP contribution in [0.1, 0.15) is 27.8 Å². The highest BCUT2D eigenvalue weighted by atomic mass is 35.5. The largest absolute Gasteiger partial charge is 0.422 e. The first-order chi connectivity index (χ1) is 13.5. The number of benzene rings is 2. The lowest BCUT2D eigenvalue weighted by Crippen LogP contribution is -2.45. The van der Waals surface area contributed by atoms with Gasteiger partial charge in [-0.25, -0.2) is 4.79 Å². The Balaban J connectivity index is 0.00000240. The fourth-order valence-electron chi connectivity index (χ4n) is 4.23. The molecule has 29 heavy (non-hydrogen) atoms. The molecule has 0 aliphatic carbocycles. The lowest BCUT2D eigenvalue weighted by Gasteiger charge is -2.35. The average Bonchev–Trinajstić information content (AvgIpc) is 2.68. The van der Waals surface area contributed by atoms with Gasteiger partial charge in [-0.05, 0) is 48.6 Å². The predicted octanol–water partition coefficient (Wildman–Crippen LogP) is 4.46. The number of piperazine rings is 1. The number of hydrogen-bond donors (Lipinski definition) is 0. The van der Waals surface area contributed by atoms with Gasteiger partial charge in [-0.1, -0.05) is 36.4 Å². The summed E-state index contributed by atoms with van der Waals surface area (Å²) in [5, 5.41) is 1.11. The van der Waals surface area contributed by atoms with Crippen molar-refractivity contribution in [1.82, 2.24) is 9.80 Å². The van der Waals surface area contributed by atoms with E-state index in [1.54, 1.807) is 6.07 Å². The second-order valence-corrected chi connectivity index (χ2v) is 7.97. The molecule has 3 aromatic rings. The Labute approximate surface area is 178 Å². The molecule has 0 radical (unpaired) electrons. The summed E-state index contributed by atoms with van der Waals surface area (Å²) in [6.07, 6.45) is 0. The summed E-state index contributed by atoms with van der Waals surface area (Å²) in [5.41, 5.74) is 6.36. The van der Waals surface area contributed by atoms with Crippen molar-refractivity contribution in [2.75, 3.05) is 26.2 Å². The van der Waals surface area contributed by atoms with Crippen LogP contribution >= 0.6 is 12.4 Å². The molecule has 0 bridgehead atoms. The second kappa shape index (κ2) is 9.12. The zero-order chi connectivity index (χ0) is 19.7. The topological polar surface area (TPSA) is 36.7 Å². The summed E-state index contributed by atoms with van der Waals surface area (Å²) in [6.45, 7) is 12.1. The van der Waals surface area contributed by atoms with Crippen LogP contribution in [0.15, 0.2) is 51.7 Å². The average molecular weight is 413 g/mol. The highest BCUT2D eigenvalue weighted by Gasteiger charge is 2.20. The molecule has 2 heterocycles. The Kier molecular flexibility index (Phi) is 6.78. The lowest BCUT2D eigenvalue weighted by molar-refractivity contribution is 0.122. The Morgan fingerprint density at radius 2 is 1.48 bits per heavy atom. The Hall–Kier alpha value is -2.14. The first-order valence-electron chi connectivity index (χ1n) is 10.0. The van der Waals surface area contributed by atoms with Crippen LogP contribution in [0.2, 0.25) is 0 Å². The van der Waals surface area contributed by atoms with Gasteiger partial charge in [0.05, 0.1) is 0 Å². The number of aryl methyl sites for hydroxylation is 3. The van der Waals surface area contributed by atoms with E-state index in [-0.39, 0.29) is 18.0 Å². The highest BCUT2D eigenvalue weighted by Crippen LogP contribution is 2.28. The maximum absolute atomic E-state index is 12.2. The molecule has 0 N–H and O–H groups in total. The van der Waals surface area contributed by atoms with Crippen LogP contribution in [-0.4, -0.2) is 36.0 Å². The molecule has 1 fully saturated rings. The van der Waals surface area contributed by atoms with Gasteiger partial charge in [0.2, 0.25) is 0 Å². The highest BCUT2D eigenvalue weighted by molar-refractivity contribution is 5.87. The van der Waals surface area contributed by atoms with Crippen LogP contribution in [0, 0.1) is 20.8 Å². The number of rotatable bonds is 4. The number of nitrogens with zero attached hydrogens (tertiary/aromatic N) is 2. The molecule has 0 unspecified atom stereocenters. The van der Waals surface area contributed by atoms with Gasteiger partial charge >= 0.3 is 5.63 Å². The van der Waals surface area contributed by atoms with Crippen molar-refractivity contribution < 1.29 is 4.42 Å². The molecule has 1 aromatic heterocycles. The van der Waals surface area contributed by atoms with E-state index in [2.05, 4.69) is 60.0 Å². The molecule has 1 aliphatic heterocycles. The molecule has 0 spiro atoms. The van der Waals surface area contributed by atoms with Gasteiger partial charge in [0.25, 0.3) is 0 Å². The van der Waals surface area contributed by atoms with E-state index in [0.29, 0.717) is 0 Å². The number of hydrogen-bond acceptors (Lipinski definition) is 4. The van der Waals surface area contributed by atoms with Crippen LogP contribution in [0.5, 0.6) is 0 Å². The van der Waals surface area contributed by atoms with E-state index in [0.717, 1.165) is 61.4 Å². The zero-order valence-corrected chi connectivity index (χ0v) is 18.2. The van der Waals surface area contributed by atoms with Crippen LogP contribution in [0.25, 0.3) is 11.0 Å². The van der Waals surface area contributed by atoms with Crippen molar-refractivity contribution in [1.29, 1.82) is 0 Å². The normalized spacial score (nSPS) is 15.4. The van der Waals surface area contributed by atoms with Crippen LogP contribution in [0.4, 0.5) is 0 Å². The molecule has 4 rings (SSSR count). The predicted molar refractivity (Wildman–Crippen MR) is 121 cm³/mol. The van der Waals surface area contributed by atoms with Gasteiger partial charge in [0, 0.05) is 50.7 Å². The number of halogens is 1. The van der Waals surface area contributed by atoms with Gasteiger partial charge in [0.1, 0.15) is 5.58 Å². The Morgan fingerprint density at radius 3 is 2.14 bits per heavy atom. The summed E-state index contributed by atoms with van der Waals surface area (Å²) in [4.78, 5) is 17.1. The van der Waals surface area contributed by atoms with E-state index < -0.39 is 0 Å². The van der Waals surface area contributed by atoms with Crippen molar-refractivity contribution in [3.8, 4) is 0 Å². The van der Waals surface area contributed by atoms with E-state index in [9.17, 15) is 4.79 Å². The molecule has 4 nitrogen and oxygen atoms in total. The number of fused-ring (bicyclic) bond motifs is 1. The monoisotopic (exact) mass is 412 g/mol. The van der Waals surface area contributed by atoms with Crippen LogP contribution in [-0.2, 0) is 13.1 Å². The van der Waals surface area contributed by atoms with Crippen molar-refractivity contribution >= 4 is 23.4 Å². The van der Waals surface area contributed by atoms with Crippen molar-refractivity contribution in [3.05, 3.63) is 80.7 Å². The summed E-state index contributed by atoms with van der Waals surface area (Å²) >= 11 is 0. The molecule has 1 saturated heterocycles. The van der Waals surface area contributed by atoms with Crippen molar-refractivity contribution in [2.45, 2.75) is 33.9 Å². The molecule has 5 heteroatoms. The third-order valence-electron chi connectivity index (χ3n) is 5.91. The van der Waals surface area contributed by atoms with Gasteiger partial charge < -0.3 is 4.42 Å². The van der Waals surface area contributed by atoms with Gasteiger partial charge in [-0.3, -0.25) is 9.80 Å². The lowest BCUT2D eigenvalue weighted by atomic mass is 9.98. The van der Waals surface area contributed by atoms with Crippen molar-refractivity contribution in [2.24, 2.45) is 0 Å². The van der Waals surface area contributed by atoms with Crippen molar-refractivity contribution in [3.63, 3.8) is 0 Å². The molecule has 0 saturated carbocycles. The fourth-order valence-corrected chi connectivity index (χ4v) is 4.23. The first kappa shape index (κ1) is 21.6. The fraction of sp³-hybridized carbons (Fsp3) is 0.375. The minimum atomic E-state index is -0.252. The third kappa shape index (κ3) is 4.72. The molecule has 1 aliphatic rings. The van der Waals surface area contributed by atoms with E-state index in [1.165, 1.54) is 16.7 Å². The SMILES string of the molecule is Cc1cc(C)c2c(CN3CCN(Cc4ccccc4)CC3)cc(=O)oc2c1C.Cl. The standard InChI is InChI=1S/C24H28N2O2.ClH/c1-17-13-18(2)23-21(14-22(27)28-24(23)19(17)3)16-26-11-9-25(10-12-26)15-20-7-5-4-6-8-20;/h4-8,13-14H,9-12,15-16H2,1-3H3;1H. The van der Waals surface area contributed by atoms with Crippen LogP contribution < -0.4 is 5.63 Å². The molecule has 0 amide bonds. The first-order valence-corrected chi connectivity index (χ1v) is 10.0. The van der Waals surface area contributed by atoms with Gasteiger partial charge in [0.15, 0.2) is 0 Å². The third-order valence-corrected chi connectivity index (χ3v) is 5.91. The molecule has 0 atom stereocenters. The summed E-state index contributed by atoms with van der Waals surface area (Å²) < 4.78 is 5.59. The van der Waals surface area contributed by atoms with E-state index in [1.807, 2.05) is 6.92 Å². The zero-order valence-electron chi connectivity index (χ0n) is 17.4. The summed E-state index contributed by atoms with van der Waals surface area (Å²) in [6, 6.07) is 14.5. The van der Waals surface area contributed by atoms with Crippen LogP contribution in [0.3, 0.4) is 0 Å². The minimum absolute atomic E-state index is 0. The van der Waals surface area contributed by atoms with E-state index in [4.69, 9.17) is 4.42 Å². The Bertz CT molecular complexity index is 1040. The quantitative estimate of drug-likeness (QED) is 0.593. The molecular weight excluding hydrogens is 384 g/mol. The van der Waals surface area contributed by atoms with E-state index >= 15 is 0 Å². The summed E-state index contributed by atoms with van der Waals surface area (Å²) in [7, 11) is 0. The minimum Gasteiger partial charge on any atom is -0.422 e.